The topological polar surface area (TPSA) is 75.3 Å². The van der Waals surface area contributed by atoms with Crippen molar-refractivity contribution < 1.29 is 9.63 Å². The Labute approximate surface area is 180 Å². The van der Waals surface area contributed by atoms with E-state index in [9.17, 15) is 5.11 Å². The number of aromatic nitrogens is 3. The molecule has 7 heteroatoms. The molecule has 3 heterocycles. The SMILES string of the molecule is O[C@]1(c2ccccc2)CCN(Cc2nc(-c3cccnc3Cl)no2)[C@H]2CCCC[C@H]21. The normalized spacial score (nSPS) is 27.0. The number of likely N-dealkylation sites (tertiary alicyclic amines) is 1. The maximum atomic E-state index is 11.7. The Hall–Kier alpha value is -2.28. The second-order valence-electron chi connectivity index (χ2n) is 8.32. The number of hydrogen-bond donors (Lipinski definition) is 1. The van der Waals surface area contributed by atoms with Gasteiger partial charge in [-0.1, -0.05) is 59.9 Å². The zero-order valence-corrected chi connectivity index (χ0v) is 17.5. The molecule has 0 spiro atoms. The van der Waals surface area contributed by atoms with Gasteiger partial charge >= 0.3 is 0 Å². The number of hydrogen-bond acceptors (Lipinski definition) is 6. The summed E-state index contributed by atoms with van der Waals surface area (Å²) in [7, 11) is 0. The van der Waals surface area contributed by atoms with Gasteiger partial charge in [-0.3, -0.25) is 4.90 Å². The Morgan fingerprint density at radius 2 is 1.97 bits per heavy atom. The van der Waals surface area contributed by atoms with Crippen molar-refractivity contribution in [2.24, 2.45) is 5.92 Å². The number of nitrogens with zero attached hydrogens (tertiary/aromatic N) is 4. The molecule has 5 rings (SSSR count). The van der Waals surface area contributed by atoms with E-state index in [-0.39, 0.29) is 5.92 Å². The monoisotopic (exact) mass is 424 g/mol. The number of rotatable bonds is 4. The third kappa shape index (κ3) is 3.53. The first-order valence-electron chi connectivity index (χ1n) is 10.6. The van der Waals surface area contributed by atoms with Gasteiger partial charge in [0.05, 0.1) is 17.7 Å². The minimum atomic E-state index is -0.772. The average molecular weight is 425 g/mol. The molecule has 6 nitrogen and oxygen atoms in total. The van der Waals surface area contributed by atoms with E-state index in [2.05, 4.69) is 32.2 Å². The van der Waals surface area contributed by atoms with Crippen LogP contribution in [0.1, 0.15) is 43.6 Å². The van der Waals surface area contributed by atoms with Crippen molar-refractivity contribution in [1.29, 1.82) is 0 Å². The molecule has 1 saturated carbocycles. The number of pyridine rings is 1. The summed E-state index contributed by atoms with van der Waals surface area (Å²) < 4.78 is 5.54. The number of piperidine rings is 1. The van der Waals surface area contributed by atoms with Crippen LogP contribution in [0.5, 0.6) is 0 Å². The van der Waals surface area contributed by atoms with E-state index in [0.717, 1.165) is 31.4 Å². The van der Waals surface area contributed by atoms with E-state index in [1.165, 1.54) is 6.42 Å². The van der Waals surface area contributed by atoms with Crippen LogP contribution in [0.25, 0.3) is 11.4 Å². The van der Waals surface area contributed by atoms with Crippen molar-refractivity contribution in [3.63, 3.8) is 0 Å². The van der Waals surface area contributed by atoms with Crippen LogP contribution in [0.3, 0.4) is 0 Å². The predicted octanol–water partition coefficient (Wildman–Crippen LogP) is 4.44. The molecule has 156 valence electrons. The van der Waals surface area contributed by atoms with Gasteiger partial charge in [0, 0.05) is 24.7 Å². The number of halogens is 1. The molecule has 3 atom stereocenters. The average Bonchev–Trinajstić information content (AvgIpc) is 3.25. The van der Waals surface area contributed by atoms with Gasteiger partial charge < -0.3 is 9.63 Å². The van der Waals surface area contributed by atoms with Gasteiger partial charge in [0.2, 0.25) is 11.7 Å². The quantitative estimate of drug-likeness (QED) is 0.624. The zero-order valence-electron chi connectivity index (χ0n) is 16.7. The minimum Gasteiger partial charge on any atom is -0.385 e. The molecule has 0 radical (unpaired) electrons. The minimum absolute atomic E-state index is 0.206. The molecule has 0 bridgehead atoms. The Kier molecular flexibility index (Phi) is 5.31. The summed E-state index contributed by atoms with van der Waals surface area (Å²) >= 11 is 6.17. The third-order valence-corrected chi connectivity index (χ3v) is 6.97. The van der Waals surface area contributed by atoms with Crippen LogP contribution >= 0.6 is 11.6 Å². The fourth-order valence-electron chi connectivity index (χ4n) is 5.21. The van der Waals surface area contributed by atoms with E-state index in [0.29, 0.717) is 41.4 Å². The first-order valence-corrected chi connectivity index (χ1v) is 11.0. The molecular weight excluding hydrogens is 400 g/mol. The molecule has 2 aliphatic rings. The number of aliphatic hydroxyl groups is 1. The molecular formula is C23H25ClN4O2. The fraction of sp³-hybridized carbons (Fsp3) is 0.435. The summed E-state index contributed by atoms with van der Waals surface area (Å²) in [6, 6.07) is 14.1. The Morgan fingerprint density at radius 1 is 1.13 bits per heavy atom. The summed E-state index contributed by atoms with van der Waals surface area (Å²) in [5.74, 6) is 1.23. The lowest BCUT2D eigenvalue weighted by Gasteiger charge is -2.52. The van der Waals surface area contributed by atoms with Crippen molar-refractivity contribution in [3.8, 4) is 11.4 Å². The van der Waals surface area contributed by atoms with E-state index < -0.39 is 5.60 Å². The van der Waals surface area contributed by atoms with Gasteiger partial charge in [0.1, 0.15) is 5.15 Å². The van der Waals surface area contributed by atoms with Crippen LogP contribution in [0.2, 0.25) is 5.15 Å². The molecule has 0 amide bonds. The molecule has 1 saturated heterocycles. The second kappa shape index (κ2) is 8.10. The van der Waals surface area contributed by atoms with Crippen LogP contribution in [0.4, 0.5) is 0 Å². The van der Waals surface area contributed by atoms with Crippen LogP contribution in [-0.2, 0) is 12.1 Å². The van der Waals surface area contributed by atoms with E-state index in [1.54, 1.807) is 12.3 Å². The smallest absolute Gasteiger partial charge is 0.241 e. The van der Waals surface area contributed by atoms with Gasteiger partial charge in [-0.25, -0.2) is 4.98 Å². The van der Waals surface area contributed by atoms with Gasteiger partial charge in [-0.15, -0.1) is 0 Å². The van der Waals surface area contributed by atoms with E-state index >= 15 is 0 Å². The summed E-state index contributed by atoms with van der Waals surface area (Å²) in [6.45, 7) is 1.37. The molecule has 3 aromatic rings. The highest BCUT2D eigenvalue weighted by atomic mass is 35.5. The lowest BCUT2D eigenvalue weighted by Crippen LogP contribution is -2.57. The highest BCUT2D eigenvalue weighted by Gasteiger charge is 2.49. The first-order chi connectivity index (χ1) is 14.6. The largest absolute Gasteiger partial charge is 0.385 e. The predicted molar refractivity (Wildman–Crippen MR) is 114 cm³/mol. The van der Waals surface area contributed by atoms with Gasteiger partial charge in [-0.2, -0.15) is 4.98 Å². The van der Waals surface area contributed by atoms with Crippen molar-refractivity contribution in [1.82, 2.24) is 20.0 Å². The van der Waals surface area contributed by atoms with E-state index in [4.69, 9.17) is 16.1 Å². The van der Waals surface area contributed by atoms with Gasteiger partial charge in [0.25, 0.3) is 0 Å². The van der Waals surface area contributed by atoms with Crippen molar-refractivity contribution >= 4 is 11.6 Å². The van der Waals surface area contributed by atoms with Gasteiger partial charge in [0.15, 0.2) is 0 Å². The molecule has 30 heavy (non-hydrogen) atoms. The molecule has 2 aromatic heterocycles. The maximum Gasteiger partial charge on any atom is 0.241 e. The first kappa shape index (κ1) is 19.7. The molecule has 2 fully saturated rings. The van der Waals surface area contributed by atoms with Crippen LogP contribution in [-0.4, -0.2) is 37.7 Å². The lowest BCUT2D eigenvalue weighted by atomic mass is 9.66. The third-order valence-electron chi connectivity index (χ3n) is 6.67. The Balaban J connectivity index is 1.37. The van der Waals surface area contributed by atoms with Crippen molar-refractivity contribution in [2.75, 3.05) is 6.54 Å². The molecule has 1 N–H and O–H groups in total. The number of fused-ring (bicyclic) bond motifs is 1. The van der Waals surface area contributed by atoms with Crippen LogP contribution in [0.15, 0.2) is 53.2 Å². The highest BCUT2D eigenvalue weighted by molar-refractivity contribution is 6.31. The zero-order chi connectivity index (χ0) is 20.6. The second-order valence-corrected chi connectivity index (χ2v) is 8.68. The fourth-order valence-corrected chi connectivity index (χ4v) is 5.41. The summed E-state index contributed by atoms with van der Waals surface area (Å²) in [5, 5.41) is 16.2. The standard InChI is InChI=1S/C23H25ClN4O2/c24-21-17(9-6-13-25-21)22-26-20(30-27-22)15-28-14-12-23(29,16-7-2-1-3-8-16)18-10-4-5-11-19(18)28/h1-3,6-9,13,18-19,29H,4-5,10-12,14-15H2/t18-,19+,23+/m1/s1. The molecule has 1 aliphatic heterocycles. The summed E-state index contributed by atoms with van der Waals surface area (Å²) in [6.07, 6.45) is 6.80. The highest BCUT2D eigenvalue weighted by Crippen LogP contribution is 2.47. The van der Waals surface area contributed by atoms with Gasteiger partial charge in [-0.05, 0) is 37.0 Å². The van der Waals surface area contributed by atoms with Crippen molar-refractivity contribution in [2.45, 2.75) is 50.3 Å². The Morgan fingerprint density at radius 3 is 2.80 bits per heavy atom. The summed E-state index contributed by atoms with van der Waals surface area (Å²) in [5.41, 5.74) is 0.932. The lowest BCUT2D eigenvalue weighted by molar-refractivity contribution is -0.124. The number of benzene rings is 1. The Bertz CT molecular complexity index is 1010. The van der Waals surface area contributed by atoms with E-state index in [1.807, 2.05) is 24.3 Å². The van der Waals surface area contributed by atoms with Crippen molar-refractivity contribution in [3.05, 3.63) is 65.3 Å². The van der Waals surface area contributed by atoms with Crippen LogP contribution < -0.4 is 0 Å². The molecule has 1 aliphatic carbocycles. The molecule has 0 unspecified atom stereocenters. The van der Waals surface area contributed by atoms with Crippen LogP contribution in [0, 0.1) is 5.92 Å². The maximum absolute atomic E-state index is 11.7. The summed E-state index contributed by atoms with van der Waals surface area (Å²) in [4.78, 5) is 11.1. The molecule has 1 aromatic carbocycles.